The molecule has 0 aromatic carbocycles. The lowest BCUT2D eigenvalue weighted by Crippen LogP contribution is -2.54. The zero-order chi connectivity index (χ0) is 15.4. The summed E-state index contributed by atoms with van der Waals surface area (Å²) in [6.45, 7) is 4.01. The van der Waals surface area contributed by atoms with Gasteiger partial charge in [-0.3, -0.25) is 9.79 Å². The lowest BCUT2D eigenvalue weighted by Gasteiger charge is -2.37. The van der Waals surface area contributed by atoms with Gasteiger partial charge in [-0.15, -0.1) is 0 Å². The van der Waals surface area contributed by atoms with Gasteiger partial charge in [-0.25, -0.2) is 0 Å². The molecule has 22 heavy (non-hydrogen) atoms. The van der Waals surface area contributed by atoms with E-state index in [1.807, 2.05) is 11.9 Å². The summed E-state index contributed by atoms with van der Waals surface area (Å²) in [7, 11) is 1.82. The molecule has 1 amide bonds. The van der Waals surface area contributed by atoms with Crippen molar-refractivity contribution in [3.05, 3.63) is 24.2 Å². The normalized spacial score (nSPS) is 20.0. The Hall–Kier alpha value is -1.98. The monoisotopic (exact) mass is 304 g/mol. The minimum absolute atomic E-state index is 0.0259. The van der Waals surface area contributed by atoms with Crippen molar-refractivity contribution in [3.63, 3.8) is 0 Å². The second-order valence-electron chi connectivity index (χ2n) is 5.98. The average Bonchev–Trinajstić information content (AvgIpc) is 3.04. The Kier molecular flexibility index (Phi) is 4.65. The number of rotatable bonds is 3. The number of nitrogens with one attached hydrogen (secondary N) is 1. The molecule has 120 valence electrons. The third kappa shape index (κ3) is 3.26. The lowest BCUT2D eigenvalue weighted by atomic mass is 9.85. The summed E-state index contributed by atoms with van der Waals surface area (Å²) in [4.78, 5) is 20.7. The first-order chi connectivity index (χ1) is 10.8. The summed E-state index contributed by atoms with van der Waals surface area (Å²) in [6, 6.07) is 3.46. The number of piperazine rings is 1. The highest BCUT2D eigenvalue weighted by Crippen LogP contribution is 2.25. The molecule has 1 aromatic rings. The number of furan rings is 1. The van der Waals surface area contributed by atoms with E-state index >= 15 is 0 Å². The molecule has 6 heteroatoms. The van der Waals surface area contributed by atoms with Crippen LogP contribution >= 0.6 is 0 Å². The quantitative estimate of drug-likeness (QED) is 0.677. The molecule has 2 heterocycles. The van der Waals surface area contributed by atoms with E-state index < -0.39 is 0 Å². The van der Waals surface area contributed by atoms with E-state index in [1.54, 1.807) is 12.1 Å². The summed E-state index contributed by atoms with van der Waals surface area (Å²) in [5.74, 6) is 2.15. The molecular weight excluding hydrogens is 280 g/mol. The van der Waals surface area contributed by atoms with Crippen molar-refractivity contribution in [1.82, 2.24) is 15.1 Å². The molecule has 6 nitrogen and oxygen atoms in total. The molecule has 0 radical (unpaired) electrons. The van der Waals surface area contributed by atoms with Crippen LogP contribution in [0.25, 0.3) is 0 Å². The van der Waals surface area contributed by atoms with Crippen LogP contribution in [0.1, 0.15) is 29.8 Å². The predicted molar refractivity (Wildman–Crippen MR) is 84.9 cm³/mol. The maximum atomic E-state index is 12.2. The molecule has 1 N–H and O–H groups in total. The molecule has 1 aliphatic carbocycles. The van der Waals surface area contributed by atoms with E-state index in [9.17, 15) is 4.79 Å². The maximum Gasteiger partial charge on any atom is 0.289 e. The van der Waals surface area contributed by atoms with Crippen LogP contribution in [0.5, 0.6) is 0 Å². The van der Waals surface area contributed by atoms with Gasteiger partial charge in [0.15, 0.2) is 11.7 Å². The molecule has 3 rings (SSSR count). The van der Waals surface area contributed by atoms with Crippen LogP contribution in [0.15, 0.2) is 27.8 Å². The van der Waals surface area contributed by atoms with Crippen LogP contribution < -0.4 is 5.32 Å². The third-order valence-electron chi connectivity index (χ3n) is 4.58. The highest BCUT2D eigenvalue weighted by atomic mass is 16.3. The first-order valence-corrected chi connectivity index (χ1v) is 8.06. The Morgan fingerprint density at radius 1 is 1.32 bits per heavy atom. The van der Waals surface area contributed by atoms with Gasteiger partial charge in [-0.1, -0.05) is 6.42 Å². The number of nitrogens with zero attached hydrogens (tertiary/aromatic N) is 3. The van der Waals surface area contributed by atoms with E-state index in [-0.39, 0.29) is 5.91 Å². The van der Waals surface area contributed by atoms with Crippen LogP contribution in [-0.2, 0) is 0 Å². The topological polar surface area (TPSA) is 61.1 Å². The van der Waals surface area contributed by atoms with E-state index in [0.717, 1.165) is 31.5 Å². The van der Waals surface area contributed by atoms with E-state index in [4.69, 9.17) is 4.42 Å². The first kappa shape index (κ1) is 14.9. The predicted octanol–water partition coefficient (Wildman–Crippen LogP) is 1.41. The van der Waals surface area contributed by atoms with Gasteiger partial charge in [0.2, 0.25) is 0 Å². The molecule has 1 aliphatic heterocycles. The van der Waals surface area contributed by atoms with Crippen molar-refractivity contribution in [2.75, 3.05) is 39.8 Å². The van der Waals surface area contributed by atoms with Crippen LogP contribution in [0.4, 0.5) is 0 Å². The van der Waals surface area contributed by atoms with Crippen LogP contribution in [0.3, 0.4) is 0 Å². The Balaban J connectivity index is 1.48. The summed E-state index contributed by atoms with van der Waals surface area (Å²) < 4.78 is 5.19. The largest absolute Gasteiger partial charge is 0.459 e. The highest BCUT2D eigenvalue weighted by molar-refractivity contribution is 5.91. The number of hydrogen-bond acceptors (Lipinski definition) is 3. The summed E-state index contributed by atoms with van der Waals surface area (Å²) >= 11 is 0. The molecular formula is C16H24N4O2. The zero-order valence-electron chi connectivity index (χ0n) is 13.1. The number of carbonyl (C=O) groups excluding carboxylic acids is 1. The minimum Gasteiger partial charge on any atom is -0.459 e. The maximum absolute atomic E-state index is 12.2. The van der Waals surface area contributed by atoms with Crippen molar-refractivity contribution in [2.24, 2.45) is 10.9 Å². The number of aliphatic imine (C=N–C) groups is 1. The second-order valence-corrected chi connectivity index (χ2v) is 5.98. The Labute approximate surface area is 131 Å². The molecule has 0 bridgehead atoms. The van der Waals surface area contributed by atoms with Gasteiger partial charge in [0.05, 0.1) is 6.26 Å². The summed E-state index contributed by atoms with van der Waals surface area (Å²) in [5.41, 5.74) is 0. The van der Waals surface area contributed by atoms with Gasteiger partial charge in [0.25, 0.3) is 5.91 Å². The fourth-order valence-corrected chi connectivity index (χ4v) is 2.94. The Morgan fingerprint density at radius 2 is 2.05 bits per heavy atom. The van der Waals surface area contributed by atoms with Crippen molar-refractivity contribution in [1.29, 1.82) is 0 Å². The summed E-state index contributed by atoms with van der Waals surface area (Å²) in [5, 5.41) is 3.47. The molecule has 1 aromatic heterocycles. The van der Waals surface area contributed by atoms with Gasteiger partial charge in [0.1, 0.15) is 0 Å². The van der Waals surface area contributed by atoms with Crippen LogP contribution in [0.2, 0.25) is 0 Å². The number of guanidine groups is 1. The highest BCUT2D eigenvalue weighted by Gasteiger charge is 2.25. The average molecular weight is 304 g/mol. The van der Waals surface area contributed by atoms with Crippen molar-refractivity contribution in [3.8, 4) is 0 Å². The number of amides is 1. The van der Waals surface area contributed by atoms with Gasteiger partial charge in [0, 0.05) is 39.8 Å². The Morgan fingerprint density at radius 3 is 2.59 bits per heavy atom. The van der Waals surface area contributed by atoms with Crippen molar-refractivity contribution >= 4 is 11.9 Å². The smallest absolute Gasteiger partial charge is 0.289 e. The molecule has 1 saturated carbocycles. The number of carbonyl (C=O) groups is 1. The molecule has 1 saturated heterocycles. The van der Waals surface area contributed by atoms with E-state index in [2.05, 4.69) is 15.2 Å². The number of hydrogen-bond donors (Lipinski definition) is 1. The molecule has 2 aliphatic rings. The van der Waals surface area contributed by atoms with Crippen LogP contribution in [-0.4, -0.2) is 61.4 Å². The first-order valence-electron chi connectivity index (χ1n) is 8.06. The lowest BCUT2D eigenvalue weighted by molar-refractivity contribution is 0.0657. The fourth-order valence-electron chi connectivity index (χ4n) is 2.94. The van der Waals surface area contributed by atoms with E-state index in [1.165, 1.54) is 25.5 Å². The molecule has 2 fully saturated rings. The van der Waals surface area contributed by atoms with Gasteiger partial charge >= 0.3 is 0 Å². The van der Waals surface area contributed by atoms with Gasteiger partial charge < -0.3 is 19.5 Å². The summed E-state index contributed by atoms with van der Waals surface area (Å²) in [6.07, 6.45) is 5.55. The molecule has 0 unspecified atom stereocenters. The fraction of sp³-hybridized carbons (Fsp3) is 0.625. The van der Waals surface area contributed by atoms with Gasteiger partial charge in [-0.05, 0) is 30.9 Å². The Bertz CT molecular complexity index is 514. The van der Waals surface area contributed by atoms with Crippen LogP contribution in [0, 0.1) is 5.92 Å². The molecule has 0 spiro atoms. The second kappa shape index (κ2) is 6.85. The SMILES string of the molecule is CN=C(NCC1CCC1)N1CCN(C(=O)c2ccco2)CC1. The minimum atomic E-state index is -0.0259. The standard InChI is InChI=1S/C16H24N4O2/c1-17-16(18-12-13-4-2-5-13)20-9-7-19(8-10-20)15(21)14-6-3-11-22-14/h3,6,11,13H,2,4-5,7-10,12H2,1H3,(H,17,18). The van der Waals surface area contributed by atoms with E-state index in [0.29, 0.717) is 18.8 Å². The van der Waals surface area contributed by atoms with Gasteiger partial charge in [-0.2, -0.15) is 0 Å². The zero-order valence-corrected chi connectivity index (χ0v) is 13.1. The van der Waals surface area contributed by atoms with Crippen molar-refractivity contribution in [2.45, 2.75) is 19.3 Å². The third-order valence-corrected chi connectivity index (χ3v) is 4.58. The van der Waals surface area contributed by atoms with Crippen molar-refractivity contribution < 1.29 is 9.21 Å². The molecule has 0 atom stereocenters.